The van der Waals surface area contributed by atoms with E-state index in [2.05, 4.69) is 10.3 Å². The van der Waals surface area contributed by atoms with Gasteiger partial charge < -0.3 is 5.32 Å². The van der Waals surface area contributed by atoms with E-state index >= 15 is 0 Å². The number of nitrogens with one attached hydrogen (secondary N) is 1. The molecule has 1 aromatic carbocycles. The molecule has 7 heteroatoms. The fraction of sp³-hybridized carbons (Fsp3) is 0.316. The Kier molecular flexibility index (Phi) is 4.54. The monoisotopic (exact) mass is 387 g/mol. The van der Waals surface area contributed by atoms with Crippen LogP contribution in [0.4, 0.5) is 5.69 Å². The van der Waals surface area contributed by atoms with Gasteiger partial charge in [-0.15, -0.1) is 11.3 Å². The van der Waals surface area contributed by atoms with E-state index in [4.69, 9.17) is 11.6 Å². The van der Waals surface area contributed by atoms with Crippen molar-refractivity contribution in [3.8, 4) is 0 Å². The Balaban J connectivity index is 1.67. The summed E-state index contributed by atoms with van der Waals surface area (Å²) in [7, 11) is 0. The maximum Gasteiger partial charge on any atom is 0.263 e. The van der Waals surface area contributed by atoms with Gasteiger partial charge >= 0.3 is 0 Å². The van der Waals surface area contributed by atoms with Crippen molar-refractivity contribution >= 4 is 44.7 Å². The van der Waals surface area contributed by atoms with Gasteiger partial charge in [0.1, 0.15) is 10.9 Å². The summed E-state index contributed by atoms with van der Waals surface area (Å²) in [5.41, 5.74) is 1.64. The van der Waals surface area contributed by atoms with Crippen LogP contribution in [0.15, 0.2) is 35.4 Å². The predicted octanol–water partition coefficient (Wildman–Crippen LogP) is 4.19. The van der Waals surface area contributed by atoms with E-state index in [-0.39, 0.29) is 11.5 Å². The molecule has 1 N–H and O–H groups in total. The fourth-order valence-electron chi connectivity index (χ4n) is 3.34. The number of carbonyl (C=O) groups excluding carboxylic acids is 1. The molecule has 0 saturated heterocycles. The number of halogens is 1. The summed E-state index contributed by atoms with van der Waals surface area (Å²) in [4.78, 5) is 32.1. The molecule has 1 amide bonds. The minimum absolute atomic E-state index is 0.131. The highest BCUT2D eigenvalue weighted by Gasteiger charge is 2.23. The van der Waals surface area contributed by atoms with Crippen molar-refractivity contribution < 1.29 is 4.79 Å². The molecule has 2 aromatic heterocycles. The van der Waals surface area contributed by atoms with Crippen molar-refractivity contribution in [2.24, 2.45) is 0 Å². The fourth-order valence-corrected chi connectivity index (χ4v) is 4.69. The first-order chi connectivity index (χ1) is 12.5. The average Bonchev–Trinajstić information content (AvgIpc) is 3.02. The van der Waals surface area contributed by atoms with Gasteiger partial charge in [0.05, 0.1) is 11.7 Å². The first-order valence-electron chi connectivity index (χ1n) is 8.62. The van der Waals surface area contributed by atoms with Crippen LogP contribution in [0.1, 0.15) is 36.2 Å². The van der Waals surface area contributed by atoms with E-state index in [1.165, 1.54) is 15.8 Å². The molecule has 0 bridgehead atoms. The SMILES string of the molecule is C[C@@H](C(=O)Nc1ccc(Cl)cc1)n1cnc2sc3c(c2c1=O)CCCC3. The zero-order chi connectivity index (χ0) is 18.3. The Bertz CT molecular complexity index is 1040. The van der Waals surface area contributed by atoms with Gasteiger partial charge in [-0.2, -0.15) is 0 Å². The molecule has 5 nitrogen and oxygen atoms in total. The summed E-state index contributed by atoms with van der Waals surface area (Å²) in [6, 6.07) is 6.21. The summed E-state index contributed by atoms with van der Waals surface area (Å²) < 4.78 is 1.43. The van der Waals surface area contributed by atoms with E-state index in [1.807, 2.05) is 0 Å². The molecular weight excluding hydrogens is 370 g/mol. The van der Waals surface area contributed by atoms with Crippen LogP contribution in [-0.2, 0) is 17.6 Å². The molecule has 134 valence electrons. The van der Waals surface area contributed by atoms with Crippen LogP contribution in [0.5, 0.6) is 0 Å². The zero-order valence-corrected chi connectivity index (χ0v) is 15.9. The number of rotatable bonds is 3. The number of carbonyl (C=O) groups is 1. The average molecular weight is 388 g/mol. The molecule has 2 heterocycles. The molecule has 0 radical (unpaired) electrons. The minimum atomic E-state index is -0.658. The number of aromatic nitrogens is 2. The number of nitrogens with zero attached hydrogens (tertiary/aromatic N) is 2. The van der Waals surface area contributed by atoms with E-state index in [1.54, 1.807) is 42.5 Å². The lowest BCUT2D eigenvalue weighted by Gasteiger charge is -2.15. The first-order valence-corrected chi connectivity index (χ1v) is 9.82. The third-order valence-corrected chi connectivity index (χ3v) is 6.26. The van der Waals surface area contributed by atoms with Crippen molar-refractivity contribution in [2.75, 3.05) is 5.32 Å². The summed E-state index contributed by atoms with van der Waals surface area (Å²) in [6.45, 7) is 1.71. The second kappa shape index (κ2) is 6.85. The maximum absolute atomic E-state index is 13.0. The molecule has 0 saturated carbocycles. The number of thiophene rings is 1. The van der Waals surface area contributed by atoms with Crippen LogP contribution < -0.4 is 10.9 Å². The van der Waals surface area contributed by atoms with Gasteiger partial charge in [0.25, 0.3) is 5.56 Å². The lowest BCUT2D eigenvalue weighted by molar-refractivity contribution is -0.118. The lowest BCUT2D eigenvalue weighted by atomic mass is 9.97. The third-order valence-electron chi connectivity index (χ3n) is 4.81. The zero-order valence-electron chi connectivity index (χ0n) is 14.3. The van der Waals surface area contributed by atoms with E-state index in [0.717, 1.165) is 36.1 Å². The second-order valence-corrected chi connectivity index (χ2v) is 8.04. The number of aryl methyl sites for hydroxylation is 2. The number of hydrogen-bond acceptors (Lipinski definition) is 4. The van der Waals surface area contributed by atoms with Gasteiger partial charge in [0.2, 0.25) is 5.91 Å². The van der Waals surface area contributed by atoms with Crippen LogP contribution in [0.25, 0.3) is 10.2 Å². The van der Waals surface area contributed by atoms with Crippen LogP contribution in [0.2, 0.25) is 5.02 Å². The molecule has 1 aliphatic rings. The maximum atomic E-state index is 13.0. The summed E-state index contributed by atoms with van der Waals surface area (Å²) in [6.07, 6.45) is 5.68. The Morgan fingerprint density at radius 1 is 1.27 bits per heavy atom. The molecular formula is C19H18ClN3O2S. The molecule has 1 aliphatic carbocycles. The standard InChI is InChI=1S/C19H18ClN3O2S/c1-11(17(24)22-13-8-6-12(20)7-9-13)23-10-21-18-16(19(23)25)14-4-2-3-5-15(14)26-18/h6-11H,2-5H2,1H3,(H,22,24)/t11-/m0/s1. The van der Waals surface area contributed by atoms with Crippen molar-refractivity contribution in [3.63, 3.8) is 0 Å². The van der Waals surface area contributed by atoms with E-state index in [0.29, 0.717) is 16.1 Å². The summed E-state index contributed by atoms with van der Waals surface area (Å²) in [5, 5.41) is 4.11. The highest BCUT2D eigenvalue weighted by Crippen LogP contribution is 2.33. The number of fused-ring (bicyclic) bond motifs is 3. The van der Waals surface area contributed by atoms with Gasteiger partial charge in [0.15, 0.2) is 0 Å². The van der Waals surface area contributed by atoms with Gasteiger partial charge in [-0.1, -0.05) is 11.6 Å². The molecule has 0 aliphatic heterocycles. The number of amides is 1. The van der Waals surface area contributed by atoms with Crippen LogP contribution in [0, 0.1) is 0 Å². The molecule has 0 spiro atoms. The molecule has 1 atom stereocenters. The van der Waals surface area contributed by atoms with Gasteiger partial charge in [-0.05, 0) is 62.4 Å². The highest BCUT2D eigenvalue weighted by atomic mass is 35.5. The van der Waals surface area contributed by atoms with Gasteiger partial charge in [-0.3, -0.25) is 14.2 Å². The van der Waals surface area contributed by atoms with Gasteiger partial charge in [0, 0.05) is 15.6 Å². The Morgan fingerprint density at radius 2 is 2.00 bits per heavy atom. The number of anilines is 1. The third kappa shape index (κ3) is 3.04. The topological polar surface area (TPSA) is 64.0 Å². The number of benzene rings is 1. The molecule has 0 unspecified atom stereocenters. The normalized spacial score (nSPS) is 14.8. The Labute approximate surface area is 159 Å². The summed E-state index contributed by atoms with van der Waals surface area (Å²) >= 11 is 7.47. The smallest absolute Gasteiger partial charge is 0.263 e. The van der Waals surface area contributed by atoms with Gasteiger partial charge in [-0.25, -0.2) is 4.98 Å². The molecule has 0 fully saturated rings. The van der Waals surface area contributed by atoms with E-state index in [9.17, 15) is 9.59 Å². The van der Waals surface area contributed by atoms with Crippen molar-refractivity contribution in [3.05, 3.63) is 56.4 Å². The first kappa shape index (κ1) is 17.2. The van der Waals surface area contributed by atoms with Crippen molar-refractivity contribution in [2.45, 2.75) is 38.6 Å². The predicted molar refractivity (Wildman–Crippen MR) is 105 cm³/mol. The van der Waals surface area contributed by atoms with Crippen molar-refractivity contribution in [1.82, 2.24) is 9.55 Å². The lowest BCUT2D eigenvalue weighted by Crippen LogP contribution is -2.32. The number of hydrogen-bond donors (Lipinski definition) is 1. The molecule has 3 aromatic rings. The van der Waals surface area contributed by atoms with Crippen molar-refractivity contribution in [1.29, 1.82) is 0 Å². The Hall–Kier alpha value is -2.18. The largest absolute Gasteiger partial charge is 0.324 e. The Morgan fingerprint density at radius 3 is 2.77 bits per heavy atom. The second-order valence-electron chi connectivity index (χ2n) is 6.52. The summed E-state index contributed by atoms with van der Waals surface area (Å²) in [5.74, 6) is -0.264. The van der Waals surface area contributed by atoms with Crippen LogP contribution in [-0.4, -0.2) is 15.5 Å². The quantitative estimate of drug-likeness (QED) is 0.732. The highest BCUT2D eigenvalue weighted by molar-refractivity contribution is 7.18. The van der Waals surface area contributed by atoms with Crippen LogP contribution in [0.3, 0.4) is 0 Å². The minimum Gasteiger partial charge on any atom is -0.324 e. The van der Waals surface area contributed by atoms with E-state index < -0.39 is 6.04 Å². The van der Waals surface area contributed by atoms with Crippen LogP contribution >= 0.6 is 22.9 Å². The molecule has 4 rings (SSSR count). The molecule has 26 heavy (non-hydrogen) atoms.